The highest BCUT2D eigenvalue weighted by atomic mass is 19.4. The van der Waals surface area contributed by atoms with Crippen LogP contribution in [0.5, 0.6) is 5.75 Å². The number of carbonyl (C=O) groups is 1. The molecule has 1 amide bonds. The molecule has 1 aliphatic rings. The van der Waals surface area contributed by atoms with Gasteiger partial charge in [-0.05, 0) is 34.4 Å². The van der Waals surface area contributed by atoms with Crippen molar-refractivity contribution in [2.45, 2.75) is 32.5 Å². The first-order chi connectivity index (χ1) is 12.3. The zero-order chi connectivity index (χ0) is 18.9. The quantitative estimate of drug-likeness (QED) is 0.862. The Hall–Kier alpha value is -2.28. The first kappa shape index (κ1) is 18.5. The molecule has 7 heteroatoms. The summed E-state index contributed by atoms with van der Waals surface area (Å²) in [6.07, 6.45) is -4.46. The van der Waals surface area contributed by atoms with Gasteiger partial charge >= 0.3 is 6.18 Å². The number of carbonyl (C=O) groups excluding carboxylic acids is 1. The Balaban J connectivity index is 2.00. The molecule has 1 heterocycles. The van der Waals surface area contributed by atoms with Gasteiger partial charge in [0.25, 0.3) is 0 Å². The van der Waals surface area contributed by atoms with E-state index in [1.54, 1.807) is 30.3 Å². The number of nitrogens with one attached hydrogen (secondary N) is 1. The molecule has 4 nitrogen and oxygen atoms in total. The van der Waals surface area contributed by atoms with Gasteiger partial charge in [0.2, 0.25) is 5.91 Å². The average Bonchev–Trinajstić information content (AvgIpc) is 2.97. The number of nitrogens with zero attached hydrogens (tertiary/aromatic N) is 1. The minimum atomic E-state index is -4.52. The molecule has 2 aromatic carbocycles. The van der Waals surface area contributed by atoms with Gasteiger partial charge in [-0.15, -0.1) is 0 Å². The summed E-state index contributed by atoms with van der Waals surface area (Å²) in [5, 5.41) is 2.14. The van der Waals surface area contributed by atoms with Gasteiger partial charge in [0.1, 0.15) is 5.75 Å². The van der Waals surface area contributed by atoms with Crippen LogP contribution in [0, 0.1) is 5.92 Å². The molecule has 1 atom stereocenters. The van der Waals surface area contributed by atoms with Crippen LogP contribution in [0.1, 0.15) is 31.9 Å². The molecule has 1 N–H and O–H groups in total. The molecule has 0 unspecified atom stereocenters. The number of hydrazine groups is 1. The van der Waals surface area contributed by atoms with Crippen molar-refractivity contribution in [2.24, 2.45) is 5.92 Å². The number of halogens is 3. The van der Waals surface area contributed by atoms with E-state index in [1.807, 2.05) is 13.8 Å². The molecule has 26 heavy (non-hydrogen) atoms. The SMILES string of the molecule is CC(C)COc1ccc2c([C@H](N3CCC(=O)N3)C(F)(F)F)cccc2c1. The minimum absolute atomic E-state index is 0.0228. The maximum atomic E-state index is 13.8. The van der Waals surface area contributed by atoms with Crippen molar-refractivity contribution in [2.75, 3.05) is 13.2 Å². The van der Waals surface area contributed by atoms with Gasteiger partial charge in [-0.25, -0.2) is 5.01 Å². The molecule has 1 saturated heterocycles. The second-order valence-corrected chi connectivity index (χ2v) is 6.86. The van der Waals surface area contributed by atoms with Gasteiger partial charge in [-0.3, -0.25) is 10.2 Å². The number of benzene rings is 2. The van der Waals surface area contributed by atoms with Crippen molar-refractivity contribution in [3.8, 4) is 5.75 Å². The Morgan fingerprint density at radius 2 is 2.00 bits per heavy atom. The fourth-order valence-electron chi connectivity index (χ4n) is 3.09. The predicted octanol–water partition coefficient (Wildman–Crippen LogP) is 4.21. The smallest absolute Gasteiger partial charge is 0.409 e. The predicted molar refractivity (Wildman–Crippen MR) is 92.5 cm³/mol. The van der Waals surface area contributed by atoms with Crippen LogP contribution in [-0.4, -0.2) is 30.2 Å². The van der Waals surface area contributed by atoms with Crippen LogP contribution in [-0.2, 0) is 4.79 Å². The third-order valence-electron chi connectivity index (χ3n) is 4.23. The van der Waals surface area contributed by atoms with E-state index in [0.717, 1.165) is 5.01 Å². The summed E-state index contributed by atoms with van der Waals surface area (Å²) in [5.74, 6) is 0.579. The molecule has 0 spiro atoms. The molecule has 0 aliphatic carbocycles. The Bertz CT molecular complexity index is 805. The van der Waals surface area contributed by atoms with Gasteiger partial charge in [-0.1, -0.05) is 38.1 Å². The molecular formula is C19H21F3N2O2. The lowest BCUT2D eigenvalue weighted by Gasteiger charge is -2.30. The summed E-state index contributed by atoms with van der Waals surface area (Å²) >= 11 is 0. The zero-order valence-electron chi connectivity index (χ0n) is 14.6. The highest BCUT2D eigenvalue weighted by Gasteiger charge is 2.47. The lowest BCUT2D eigenvalue weighted by molar-refractivity contribution is -0.190. The van der Waals surface area contributed by atoms with Crippen LogP contribution in [0.25, 0.3) is 10.8 Å². The molecule has 0 bridgehead atoms. The average molecular weight is 366 g/mol. The molecule has 3 rings (SSSR count). The topological polar surface area (TPSA) is 41.6 Å². The van der Waals surface area contributed by atoms with Crippen molar-refractivity contribution in [3.05, 3.63) is 42.0 Å². The third kappa shape index (κ3) is 3.93. The van der Waals surface area contributed by atoms with E-state index in [-0.39, 0.29) is 18.5 Å². The molecule has 2 aromatic rings. The minimum Gasteiger partial charge on any atom is -0.493 e. The van der Waals surface area contributed by atoms with Gasteiger partial charge in [0.05, 0.1) is 6.61 Å². The molecule has 1 aliphatic heterocycles. The maximum Gasteiger partial charge on any atom is 0.409 e. The largest absolute Gasteiger partial charge is 0.493 e. The first-order valence-corrected chi connectivity index (χ1v) is 8.54. The standard InChI is InChI=1S/C19H21F3N2O2/c1-12(2)11-26-14-6-7-15-13(10-14)4-3-5-16(15)18(19(20,21)22)24-9-8-17(25)23-24/h3-7,10,12,18H,8-9,11H2,1-2H3,(H,23,25)/t18-/m0/s1. The van der Waals surface area contributed by atoms with Gasteiger partial charge in [0.15, 0.2) is 6.04 Å². The van der Waals surface area contributed by atoms with E-state index in [2.05, 4.69) is 5.43 Å². The van der Waals surface area contributed by atoms with Gasteiger partial charge < -0.3 is 4.74 Å². The number of rotatable bonds is 5. The number of hydrogen-bond donors (Lipinski definition) is 1. The normalized spacial score (nSPS) is 16.9. The third-order valence-corrected chi connectivity index (χ3v) is 4.23. The Morgan fingerprint density at radius 3 is 2.62 bits per heavy atom. The zero-order valence-corrected chi connectivity index (χ0v) is 14.6. The summed E-state index contributed by atoms with van der Waals surface area (Å²) in [5.41, 5.74) is 2.44. The van der Waals surface area contributed by atoms with Crippen LogP contribution in [0.15, 0.2) is 36.4 Å². The van der Waals surface area contributed by atoms with E-state index < -0.39 is 18.1 Å². The van der Waals surface area contributed by atoms with Crippen LogP contribution in [0.3, 0.4) is 0 Å². The highest BCUT2D eigenvalue weighted by Crippen LogP contribution is 2.41. The van der Waals surface area contributed by atoms with E-state index >= 15 is 0 Å². The van der Waals surface area contributed by atoms with Crippen molar-refractivity contribution in [1.29, 1.82) is 0 Å². The molecule has 0 saturated carbocycles. The Morgan fingerprint density at radius 1 is 1.23 bits per heavy atom. The van der Waals surface area contributed by atoms with Crippen molar-refractivity contribution >= 4 is 16.7 Å². The van der Waals surface area contributed by atoms with Crippen LogP contribution < -0.4 is 10.2 Å². The van der Waals surface area contributed by atoms with Gasteiger partial charge in [0, 0.05) is 13.0 Å². The molecular weight excluding hydrogens is 345 g/mol. The number of fused-ring (bicyclic) bond motifs is 1. The van der Waals surface area contributed by atoms with Crippen LogP contribution in [0.4, 0.5) is 13.2 Å². The fraction of sp³-hybridized carbons (Fsp3) is 0.421. The number of hydrogen-bond acceptors (Lipinski definition) is 3. The molecule has 0 aromatic heterocycles. The molecule has 140 valence electrons. The maximum absolute atomic E-state index is 13.8. The summed E-state index contributed by atoms with van der Waals surface area (Å²) < 4.78 is 47.0. The van der Waals surface area contributed by atoms with Crippen LogP contribution in [0.2, 0.25) is 0 Å². The Kier molecular flexibility index (Phi) is 5.09. The number of alkyl halides is 3. The fourth-order valence-corrected chi connectivity index (χ4v) is 3.09. The second kappa shape index (κ2) is 7.15. The van der Waals surface area contributed by atoms with Gasteiger partial charge in [-0.2, -0.15) is 13.2 Å². The van der Waals surface area contributed by atoms with E-state index in [1.165, 1.54) is 6.07 Å². The summed E-state index contributed by atoms with van der Waals surface area (Å²) in [4.78, 5) is 11.4. The summed E-state index contributed by atoms with van der Waals surface area (Å²) in [7, 11) is 0. The monoisotopic (exact) mass is 366 g/mol. The summed E-state index contributed by atoms with van der Waals surface area (Å²) in [6, 6.07) is 8.01. The van der Waals surface area contributed by atoms with Crippen molar-refractivity contribution in [3.63, 3.8) is 0 Å². The number of ether oxygens (including phenoxy) is 1. The van der Waals surface area contributed by atoms with Crippen molar-refractivity contribution < 1.29 is 22.7 Å². The van der Waals surface area contributed by atoms with E-state index in [4.69, 9.17) is 4.74 Å². The molecule has 0 radical (unpaired) electrons. The first-order valence-electron chi connectivity index (χ1n) is 8.54. The van der Waals surface area contributed by atoms with E-state index in [9.17, 15) is 18.0 Å². The second-order valence-electron chi connectivity index (χ2n) is 6.86. The van der Waals surface area contributed by atoms with Crippen LogP contribution >= 0.6 is 0 Å². The van der Waals surface area contributed by atoms with E-state index in [0.29, 0.717) is 29.0 Å². The lowest BCUT2D eigenvalue weighted by Crippen LogP contribution is -2.43. The highest BCUT2D eigenvalue weighted by molar-refractivity contribution is 5.87. The lowest BCUT2D eigenvalue weighted by atomic mass is 9.97. The summed E-state index contributed by atoms with van der Waals surface area (Å²) in [6.45, 7) is 4.61. The molecule has 1 fully saturated rings. The Labute approximate surface area is 149 Å². The van der Waals surface area contributed by atoms with Crippen molar-refractivity contribution in [1.82, 2.24) is 10.4 Å². The number of amides is 1.